The lowest BCUT2D eigenvalue weighted by atomic mass is 9.91. The largest absolute Gasteiger partial charge is 0.228 e. The Labute approximate surface area is 300 Å². The van der Waals surface area contributed by atoms with Gasteiger partial charge in [-0.1, -0.05) is 146 Å². The maximum Gasteiger partial charge on any atom is 0.160 e. The molecule has 3 heteroatoms. The van der Waals surface area contributed by atoms with Crippen LogP contribution in [0.25, 0.3) is 97.9 Å². The molecule has 10 rings (SSSR count). The van der Waals surface area contributed by atoms with Crippen molar-refractivity contribution in [3.8, 4) is 56.2 Å². The molecule has 0 spiro atoms. The molecule has 8 aromatic carbocycles. The number of nitrogens with zero attached hydrogens (tertiary/aromatic N) is 2. The van der Waals surface area contributed by atoms with Gasteiger partial charge >= 0.3 is 0 Å². The van der Waals surface area contributed by atoms with E-state index in [1.54, 1.807) is 0 Å². The van der Waals surface area contributed by atoms with Crippen molar-refractivity contribution in [2.45, 2.75) is 0 Å². The summed E-state index contributed by atoms with van der Waals surface area (Å²) < 4.78 is 2.60. The predicted molar refractivity (Wildman–Crippen MR) is 217 cm³/mol. The molecule has 238 valence electrons. The Balaban J connectivity index is 1.24. The van der Waals surface area contributed by atoms with E-state index < -0.39 is 0 Å². The highest BCUT2D eigenvalue weighted by Gasteiger charge is 2.17. The van der Waals surface area contributed by atoms with Crippen molar-refractivity contribution in [3.05, 3.63) is 182 Å². The number of aromatic nitrogens is 2. The van der Waals surface area contributed by atoms with E-state index in [4.69, 9.17) is 9.97 Å². The number of rotatable bonds is 5. The highest BCUT2D eigenvalue weighted by atomic mass is 32.1. The summed E-state index contributed by atoms with van der Waals surface area (Å²) in [5.74, 6) is 0.709. The molecule has 2 heterocycles. The highest BCUT2D eigenvalue weighted by molar-refractivity contribution is 7.26. The SMILES string of the molecule is c1ccc(-c2cc(-c3cc(-c4cccc5ccccc45)cc(-c4cccc5c4sc4ccccc45)c3)nc(-c3ccc4ccccc4c3)n2)cc1. The molecule has 0 aliphatic carbocycles. The van der Waals surface area contributed by atoms with Gasteiger partial charge in [-0.2, -0.15) is 0 Å². The first-order chi connectivity index (χ1) is 25.2. The Morgan fingerprint density at radius 1 is 0.333 bits per heavy atom. The Hall–Kier alpha value is -6.42. The number of hydrogen-bond acceptors (Lipinski definition) is 3. The van der Waals surface area contributed by atoms with Crippen molar-refractivity contribution in [1.82, 2.24) is 9.97 Å². The maximum atomic E-state index is 5.33. The summed E-state index contributed by atoms with van der Waals surface area (Å²) in [5.41, 5.74) is 9.64. The Morgan fingerprint density at radius 2 is 0.941 bits per heavy atom. The van der Waals surface area contributed by atoms with E-state index in [0.717, 1.165) is 33.6 Å². The molecule has 0 fully saturated rings. The number of fused-ring (bicyclic) bond motifs is 5. The van der Waals surface area contributed by atoms with Crippen LogP contribution >= 0.6 is 11.3 Å². The van der Waals surface area contributed by atoms with Crippen molar-refractivity contribution >= 4 is 53.1 Å². The third kappa shape index (κ3) is 5.27. The van der Waals surface area contributed by atoms with Gasteiger partial charge in [-0.3, -0.25) is 0 Å². The van der Waals surface area contributed by atoms with Gasteiger partial charge in [0.25, 0.3) is 0 Å². The van der Waals surface area contributed by atoms with Crippen molar-refractivity contribution in [1.29, 1.82) is 0 Å². The molecule has 0 saturated carbocycles. The van der Waals surface area contributed by atoms with Crippen LogP contribution in [0.4, 0.5) is 0 Å². The molecule has 51 heavy (non-hydrogen) atoms. The zero-order valence-electron chi connectivity index (χ0n) is 27.6. The van der Waals surface area contributed by atoms with E-state index in [1.807, 2.05) is 17.4 Å². The van der Waals surface area contributed by atoms with Crippen molar-refractivity contribution in [2.75, 3.05) is 0 Å². The Kier molecular flexibility index (Phi) is 7.04. The molecule has 0 bridgehead atoms. The lowest BCUT2D eigenvalue weighted by Crippen LogP contribution is -1.97. The molecular weight excluding hydrogens is 637 g/mol. The Bertz CT molecular complexity index is 2920. The van der Waals surface area contributed by atoms with Crippen LogP contribution < -0.4 is 0 Å². The zero-order valence-corrected chi connectivity index (χ0v) is 28.4. The van der Waals surface area contributed by atoms with E-state index in [-0.39, 0.29) is 0 Å². The lowest BCUT2D eigenvalue weighted by molar-refractivity contribution is 1.18. The molecule has 0 saturated heterocycles. The number of hydrogen-bond donors (Lipinski definition) is 0. The first kappa shape index (κ1) is 29.5. The van der Waals surface area contributed by atoms with Gasteiger partial charge in [-0.05, 0) is 80.2 Å². The minimum absolute atomic E-state index is 0.709. The predicted octanol–water partition coefficient (Wildman–Crippen LogP) is 13.5. The van der Waals surface area contributed by atoms with E-state index in [2.05, 4.69) is 176 Å². The van der Waals surface area contributed by atoms with Crippen molar-refractivity contribution in [3.63, 3.8) is 0 Å². The lowest BCUT2D eigenvalue weighted by Gasteiger charge is -2.15. The number of benzene rings is 8. The quantitative estimate of drug-likeness (QED) is 0.183. The van der Waals surface area contributed by atoms with Crippen molar-refractivity contribution in [2.24, 2.45) is 0 Å². The molecular formula is C48H30N2S. The molecule has 2 nitrogen and oxygen atoms in total. The van der Waals surface area contributed by atoms with E-state index >= 15 is 0 Å². The van der Waals surface area contributed by atoms with Crippen LogP contribution in [-0.4, -0.2) is 9.97 Å². The molecule has 0 N–H and O–H groups in total. The summed E-state index contributed by atoms with van der Waals surface area (Å²) in [6, 6.07) is 65.1. The van der Waals surface area contributed by atoms with E-state index in [1.165, 1.54) is 58.4 Å². The van der Waals surface area contributed by atoms with Gasteiger partial charge in [-0.25, -0.2) is 9.97 Å². The van der Waals surface area contributed by atoms with Crippen LogP contribution in [0.1, 0.15) is 0 Å². The molecule has 0 aliphatic heterocycles. The van der Waals surface area contributed by atoms with Crippen LogP contribution in [0.2, 0.25) is 0 Å². The smallest absolute Gasteiger partial charge is 0.160 e. The molecule has 0 unspecified atom stereocenters. The first-order valence-corrected chi connectivity index (χ1v) is 18.0. The summed E-state index contributed by atoms with van der Waals surface area (Å²) in [6.07, 6.45) is 0. The van der Waals surface area contributed by atoms with E-state index in [0.29, 0.717) is 5.82 Å². The zero-order chi connectivity index (χ0) is 33.7. The average molecular weight is 667 g/mol. The monoisotopic (exact) mass is 666 g/mol. The molecule has 2 aromatic heterocycles. The van der Waals surface area contributed by atoms with Crippen LogP contribution in [0.5, 0.6) is 0 Å². The molecule has 10 aromatic rings. The van der Waals surface area contributed by atoms with E-state index in [9.17, 15) is 0 Å². The van der Waals surface area contributed by atoms with Gasteiger partial charge in [0.1, 0.15) is 0 Å². The fraction of sp³-hybridized carbons (Fsp3) is 0. The Morgan fingerprint density at radius 3 is 1.80 bits per heavy atom. The molecule has 0 atom stereocenters. The topological polar surface area (TPSA) is 25.8 Å². The second-order valence-electron chi connectivity index (χ2n) is 13.0. The van der Waals surface area contributed by atoms with Gasteiger partial charge in [-0.15, -0.1) is 11.3 Å². The van der Waals surface area contributed by atoms with Gasteiger partial charge < -0.3 is 0 Å². The normalized spacial score (nSPS) is 11.5. The summed E-state index contributed by atoms with van der Waals surface area (Å²) in [7, 11) is 0. The van der Waals surface area contributed by atoms with Gasteiger partial charge in [0, 0.05) is 36.9 Å². The standard InChI is InChI=1S/C48H30N2S/c1-2-14-33(15-3-1)44-30-45(50-48(49-44)35-25-24-31-12-4-5-16-34(31)26-35)38-28-36(40-20-10-17-32-13-6-7-18-39(32)40)27-37(29-38)41-21-11-22-43-42-19-8-9-23-46(42)51-47(41)43/h1-30H. The van der Waals surface area contributed by atoms with Gasteiger partial charge in [0.2, 0.25) is 0 Å². The van der Waals surface area contributed by atoms with Crippen LogP contribution in [0.3, 0.4) is 0 Å². The summed E-state index contributed by atoms with van der Waals surface area (Å²) in [4.78, 5) is 10.5. The van der Waals surface area contributed by atoms with Crippen LogP contribution in [0.15, 0.2) is 182 Å². The fourth-order valence-electron chi connectivity index (χ4n) is 7.35. The second-order valence-corrected chi connectivity index (χ2v) is 14.0. The molecule has 0 radical (unpaired) electrons. The minimum atomic E-state index is 0.709. The third-order valence-electron chi connectivity index (χ3n) is 9.85. The third-order valence-corrected chi connectivity index (χ3v) is 11.1. The van der Waals surface area contributed by atoms with Gasteiger partial charge in [0.05, 0.1) is 11.4 Å². The second kappa shape index (κ2) is 12.2. The van der Waals surface area contributed by atoms with Gasteiger partial charge in [0.15, 0.2) is 5.82 Å². The average Bonchev–Trinajstić information content (AvgIpc) is 3.59. The summed E-state index contributed by atoms with van der Waals surface area (Å²) in [5, 5.41) is 7.41. The maximum absolute atomic E-state index is 5.33. The molecule has 0 aliphatic rings. The van der Waals surface area contributed by atoms with Crippen LogP contribution in [-0.2, 0) is 0 Å². The fourth-order valence-corrected chi connectivity index (χ4v) is 8.59. The minimum Gasteiger partial charge on any atom is -0.228 e. The molecule has 0 amide bonds. The van der Waals surface area contributed by atoms with Crippen molar-refractivity contribution < 1.29 is 0 Å². The highest BCUT2D eigenvalue weighted by Crippen LogP contribution is 2.43. The van der Waals surface area contributed by atoms with Crippen LogP contribution in [0, 0.1) is 0 Å². The number of thiophene rings is 1. The summed E-state index contributed by atoms with van der Waals surface area (Å²) in [6.45, 7) is 0. The summed E-state index contributed by atoms with van der Waals surface area (Å²) >= 11 is 1.86. The first-order valence-electron chi connectivity index (χ1n) is 17.2.